The number of aromatic amines is 1. The van der Waals surface area contributed by atoms with E-state index in [1.807, 2.05) is 0 Å². The number of amides is 1. The van der Waals surface area contributed by atoms with Crippen LogP contribution >= 0.6 is 0 Å². The maximum Gasteiger partial charge on any atom is 0.356 e. The molecule has 3 aromatic rings. The Morgan fingerprint density at radius 2 is 1.61 bits per heavy atom. The Morgan fingerprint density at radius 1 is 0.929 bits per heavy atom. The van der Waals surface area contributed by atoms with Crippen LogP contribution in [0, 0.1) is 0 Å². The first kappa shape index (κ1) is 17.3. The molecule has 0 atom stereocenters. The minimum atomic E-state index is -0.713. The van der Waals surface area contributed by atoms with Gasteiger partial charge in [-0.1, -0.05) is 24.3 Å². The minimum Gasteiger partial charge on any atom is -0.451 e. The minimum absolute atomic E-state index is 0.129. The summed E-state index contributed by atoms with van der Waals surface area (Å²) >= 11 is 0. The highest BCUT2D eigenvalue weighted by molar-refractivity contribution is 6.28. The summed E-state index contributed by atoms with van der Waals surface area (Å²) in [5.74, 6) is -1.82. The maximum absolute atomic E-state index is 12.7. The number of fused-ring (bicyclic) bond motifs is 2. The number of H-pyrrole nitrogens is 1. The van der Waals surface area contributed by atoms with Gasteiger partial charge < -0.3 is 10.1 Å². The number of nitrogens with one attached hydrogen (secondary N) is 2. The average molecular weight is 375 g/mol. The first-order valence-electron chi connectivity index (χ1n) is 8.33. The molecule has 0 bridgehead atoms. The zero-order valence-electron chi connectivity index (χ0n) is 14.4. The number of esters is 1. The van der Waals surface area contributed by atoms with Gasteiger partial charge in [-0.25, -0.2) is 4.79 Å². The predicted octanol–water partition coefficient (Wildman–Crippen LogP) is 1.98. The molecule has 1 aromatic heterocycles. The third-order valence-corrected chi connectivity index (χ3v) is 4.26. The van der Waals surface area contributed by atoms with Gasteiger partial charge >= 0.3 is 5.97 Å². The van der Waals surface area contributed by atoms with Crippen molar-refractivity contribution in [2.24, 2.45) is 0 Å². The van der Waals surface area contributed by atoms with E-state index in [0.29, 0.717) is 16.8 Å². The summed E-state index contributed by atoms with van der Waals surface area (Å²) in [6, 6.07) is 12.5. The van der Waals surface area contributed by atoms with Crippen LogP contribution in [0.25, 0.3) is 0 Å². The number of benzene rings is 2. The number of hydrogen-bond acceptors (Lipinski definition) is 6. The van der Waals surface area contributed by atoms with Gasteiger partial charge in [0.1, 0.15) is 5.69 Å². The van der Waals surface area contributed by atoms with Crippen LogP contribution in [0.3, 0.4) is 0 Å². The molecule has 0 saturated carbocycles. The fourth-order valence-corrected chi connectivity index (χ4v) is 2.95. The zero-order valence-corrected chi connectivity index (χ0v) is 14.4. The van der Waals surface area contributed by atoms with E-state index >= 15 is 0 Å². The molecule has 4 rings (SSSR count). The fraction of sp³-hybridized carbons (Fsp3) is 0.0500. The van der Waals surface area contributed by atoms with Gasteiger partial charge in [0.05, 0.1) is 0 Å². The number of nitrogens with zero attached hydrogens (tertiary/aromatic N) is 1. The molecule has 1 heterocycles. The van der Waals surface area contributed by atoms with E-state index in [1.165, 1.54) is 30.5 Å². The van der Waals surface area contributed by atoms with Crippen LogP contribution in [-0.4, -0.2) is 40.2 Å². The van der Waals surface area contributed by atoms with E-state index in [-0.39, 0.29) is 28.4 Å². The highest BCUT2D eigenvalue weighted by Crippen LogP contribution is 2.29. The molecule has 28 heavy (non-hydrogen) atoms. The number of carbonyl (C=O) groups is 4. The molecule has 2 aromatic carbocycles. The van der Waals surface area contributed by atoms with Gasteiger partial charge in [-0.3, -0.25) is 19.5 Å². The summed E-state index contributed by atoms with van der Waals surface area (Å²) in [5, 5.41) is 8.60. The van der Waals surface area contributed by atoms with Gasteiger partial charge in [0.25, 0.3) is 5.91 Å². The van der Waals surface area contributed by atoms with Gasteiger partial charge in [-0.05, 0) is 24.3 Å². The van der Waals surface area contributed by atoms with Crippen LogP contribution in [0.5, 0.6) is 0 Å². The molecule has 1 aliphatic carbocycles. The van der Waals surface area contributed by atoms with E-state index in [9.17, 15) is 19.2 Å². The summed E-state index contributed by atoms with van der Waals surface area (Å²) in [6.07, 6.45) is 1.39. The van der Waals surface area contributed by atoms with Crippen molar-refractivity contribution in [2.45, 2.75) is 0 Å². The van der Waals surface area contributed by atoms with Crippen LogP contribution in [0.15, 0.2) is 54.7 Å². The third kappa shape index (κ3) is 3.07. The Kier molecular flexibility index (Phi) is 4.29. The standard InChI is InChI=1S/C20H13N3O5/c24-17(10-28-20(27)16-7-8-21-23-16)22-11-5-6-14-15(9-11)19(26)13-4-2-1-3-12(13)18(14)25/h1-9H,10H2,(H,21,23)(H,22,24). The highest BCUT2D eigenvalue weighted by Gasteiger charge is 2.29. The van der Waals surface area contributed by atoms with Gasteiger partial charge in [0.2, 0.25) is 0 Å². The van der Waals surface area contributed by atoms with E-state index in [4.69, 9.17) is 4.74 Å². The summed E-state index contributed by atoms with van der Waals surface area (Å²) in [7, 11) is 0. The van der Waals surface area contributed by atoms with Gasteiger partial charge in [-0.15, -0.1) is 0 Å². The lowest BCUT2D eigenvalue weighted by Crippen LogP contribution is -2.23. The summed E-state index contributed by atoms with van der Waals surface area (Å²) < 4.78 is 4.87. The second kappa shape index (κ2) is 6.92. The summed E-state index contributed by atoms with van der Waals surface area (Å²) in [5.41, 5.74) is 1.65. The molecule has 2 N–H and O–H groups in total. The van der Waals surface area contributed by atoms with Gasteiger partial charge in [-0.2, -0.15) is 5.10 Å². The average Bonchev–Trinajstić information content (AvgIpc) is 3.25. The van der Waals surface area contributed by atoms with Gasteiger partial charge in [0, 0.05) is 34.1 Å². The van der Waals surface area contributed by atoms with Crippen molar-refractivity contribution in [3.8, 4) is 0 Å². The molecular weight excluding hydrogens is 362 g/mol. The number of rotatable bonds is 4. The number of ether oxygens (including phenoxy) is 1. The van der Waals surface area contributed by atoms with Crippen molar-refractivity contribution in [2.75, 3.05) is 11.9 Å². The van der Waals surface area contributed by atoms with E-state index < -0.39 is 18.5 Å². The Hall–Kier alpha value is -4.07. The predicted molar refractivity (Wildman–Crippen MR) is 97.2 cm³/mol. The molecule has 0 radical (unpaired) electrons. The van der Waals surface area contributed by atoms with Gasteiger partial charge in [0.15, 0.2) is 18.2 Å². The lowest BCUT2D eigenvalue weighted by atomic mass is 9.84. The number of ketones is 2. The summed E-state index contributed by atoms with van der Waals surface area (Å²) in [4.78, 5) is 49.0. The summed E-state index contributed by atoms with van der Waals surface area (Å²) in [6.45, 7) is -0.509. The second-order valence-electron chi connectivity index (χ2n) is 6.06. The smallest absolute Gasteiger partial charge is 0.356 e. The normalized spacial score (nSPS) is 12.1. The number of aromatic nitrogens is 2. The molecule has 138 valence electrons. The lowest BCUT2D eigenvalue weighted by molar-refractivity contribution is -0.119. The second-order valence-corrected chi connectivity index (χ2v) is 6.06. The third-order valence-electron chi connectivity index (χ3n) is 4.26. The fourth-order valence-electron chi connectivity index (χ4n) is 2.95. The lowest BCUT2D eigenvalue weighted by Gasteiger charge is -2.18. The topological polar surface area (TPSA) is 118 Å². The number of hydrogen-bond donors (Lipinski definition) is 2. The molecule has 8 nitrogen and oxygen atoms in total. The van der Waals surface area contributed by atoms with Crippen molar-refractivity contribution in [1.82, 2.24) is 10.2 Å². The van der Waals surface area contributed by atoms with Crippen molar-refractivity contribution >= 4 is 29.1 Å². The van der Waals surface area contributed by atoms with E-state index in [2.05, 4.69) is 15.5 Å². The van der Waals surface area contributed by atoms with E-state index in [1.54, 1.807) is 24.3 Å². The van der Waals surface area contributed by atoms with E-state index in [0.717, 1.165) is 0 Å². The molecule has 1 amide bonds. The Balaban J connectivity index is 1.48. The first-order chi connectivity index (χ1) is 13.5. The molecule has 0 unspecified atom stereocenters. The quantitative estimate of drug-likeness (QED) is 0.527. The Labute approximate surface area is 158 Å². The maximum atomic E-state index is 12.7. The Bertz CT molecular complexity index is 1120. The molecule has 1 aliphatic rings. The van der Waals surface area contributed by atoms with Crippen LogP contribution in [-0.2, 0) is 9.53 Å². The monoisotopic (exact) mass is 375 g/mol. The van der Waals surface area contributed by atoms with Crippen LogP contribution in [0.4, 0.5) is 5.69 Å². The zero-order chi connectivity index (χ0) is 19.7. The first-order valence-corrected chi connectivity index (χ1v) is 8.33. The SMILES string of the molecule is O=C(COC(=O)c1ccn[nH]1)Nc1ccc2c(c1)C(=O)c1ccccc1C2=O. The van der Waals surface area contributed by atoms with Crippen LogP contribution in [0.1, 0.15) is 42.3 Å². The van der Waals surface area contributed by atoms with Crippen molar-refractivity contribution in [1.29, 1.82) is 0 Å². The highest BCUT2D eigenvalue weighted by atomic mass is 16.5. The molecular formula is C20H13N3O5. The van der Waals surface area contributed by atoms with Crippen LogP contribution in [0.2, 0.25) is 0 Å². The van der Waals surface area contributed by atoms with Crippen LogP contribution < -0.4 is 5.32 Å². The van der Waals surface area contributed by atoms with Crippen molar-refractivity contribution in [3.63, 3.8) is 0 Å². The molecule has 0 spiro atoms. The number of carbonyl (C=O) groups excluding carboxylic acids is 4. The number of anilines is 1. The molecule has 0 saturated heterocycles. The Morgan fingerprint density at radius 3 is 2.29 bits per heavy atom. The van der Waals surface area contributed by atoms with Crippen molar-refractivity contribution < 1.29 is 23.9 Å². The molecule has 0 aliphatic heterocycles. The molecule has 0 fully saturated rings. The van der Waals surface area contributed by atoms with Crippen molar-refractivity contribution in [3.05, 3.63) is 82.7 Å². The molecule has 8 heteroatoms. The largest absolute Gasteiger partial charge is 0.451 e.